The van der Waals surface area contributed by atoms with E-state index in [-0.39, 0.29) is 0 Å². The van der Waals surface area contributed by atoms with E-state index in [2.05, 4.69) is 19.9 Å². The Morgan fingerprint density at radius 2 is 2.57 bits per heavy atom. The third-order valence-electron chi connectivity index (χ3n) is 0.200. The topological polar surface area (TPSA) is 87.5 Å². The van der Waals surface area contributed by atoms with Crippen LogP contribution in [0.25, 0.3) is 10.4 Å². The van der Waals surface area contributed by atoms with Gasteiger partial charge in [-0.25, -0.2) is 5.26 Å². The Morgan fingerprint density at radius 3 is 3.00 bits per heavy atom. The van der Waals surface area contributed by atoms with Gasteiger partial charge in [-0.2, -0.15) is 4.89 Å². The summed E-state index contributed by atoms with van der Waals surface area (Å²) in [7, 11) is 0. The normalized spacial score (nSPS) is 7.00. The predicted molar refractivity (Wildman–Crippen MR) is 18.8 cm³/mol. The second-order valence-electron chi connectivity index (χ2n) is 0.547. The molecule has 0 saturated carbocycles. The first-order valence-electron chi connectivity index (χ1n) is 1.34. The fourth-order valence-corrected chi connectivity index (χ4v) is 0.0730. The highest BCUT2D eigenvalue weighted by molar-refractivity contribution is 4.27. The summed E-state index contributed by atoms with van der Waals surface area (Å²) < 4.78 is 0. The quantitative estimate of drug-likeness (QED) is 0.109. The molecular weight excluding hydrogens is 102 g/mol. The molecule has 0 atom stereocenters. The first-order valence-corrected chi connectivity index (χ1v) is 1.34. The van der Waals surface area contributed by atoms with Crippen molar-refractivity contribution in [1.29, 1.82) is 0 Å². The molecule has 0 spiro atoms. The van der Waals surface area contributed by atoms with Crippen LogP contribution in [-0.2, 0) is 9.73 Å². The summed E-state index contributed by atoms with van der Waals surface area (Å²) in [5, 5.41) is 10.0. The maximum atomic E-state index is 7.49. The van der Waals surface area contributed by atoms with Gasteiger partial charge in [0.05, 0.1) is 0 Å². The molecule has 0 heterocycles. The fourth-order valence-electron chi connectivity index (χ4n) is 0.0730. The van der Waals surface area contributed by atoms with Crippen LogP contribution in [0.5, 0.6) is 0 Å². The summed E-state index contributed by atoms with van der Waals surface area (Å²) in [5.74, 6) is 0. The molecule has 0 aliphatic rings. The number of azide groups is 1. The monoisotopic (exact) mass is 105 g/mol. The highest BCUT2D eigenvalue weighted by Gasteiger charge is 1.71. The summed E-state index contributed by atoms with van der Waals surface area (Å²) in [6, 6.07) is 0. The first kappa shape index (κ1) is 6.03. The van der Waals surface area contributed by atoms with E-state index in [1.165, 1.54) is 0 Å². The molecule has 0 aromatic rings. The number of hydrogen-bond donors (Lipinski definition) is 1. The lowest BCUT2D eigenvalue weighted by atomic mass is 11.5. The van der Waals surface area contributed by atoms with Crippen LogP contribution in [0, 0.1) is 0 Å². The minimum absolute atomic E-state index is 0.440. The van der Waals surface area contributed by atoms with Gasteiger partial charge in [0, 0.05) is 4.91 Å². The number of hydrogen-bond acceptors (Lipinski definition) is 4. The van der Waals surface area contributed by atoms with E-state index in [4.69, 9.17) is 10.8 Å². The average Bonchev–Trinajstić information content (AvgIpc) is 1.69. The highest BCUT2D eigenvalue weighted by Crippen LogP contribution is 1.73. The van der Waals surface area contributed by atoms with Gasteiger partial charge in [0.2, 0.25) is 6.79 Å². The molecule has 0 unspecified atom stereocenters. The van der Waals surface area contributed by atoms with Crippen LogP contribution in [0.15, 0.2) is 5.28 Å². The molecule has 0 fully saturated rings. The molecule has 7 heavy (non-hydrogen) atoms. The minimum atomic E-state index is -0.440. The van der Waals surface area contributed by atoms with Gasteiger partial charge in [0.25, 0.3) is 0 Å². The van der Waals surface area contributed by atoms with Crippen molar-refractivity contribution in [2.45, 2.75) is 0 Å². The van der Waals surface area contributed by atoms with E-state index < -0.39 is 6.79 Å². The van der Waals surface area contributed by atoms with Gasteiger partial charge >= 0.3 is 0 Å². The van der Waals surface area contributed by atoms with E-state index >= 15 is 0 Å². The van der Waals surface area contributed by atoms with E-state index in [0.29, 0.717) is 0 Å². The lowest BCUT2D eigenvalue weighted by molar-refractivity contribution is -0.296. The number of rotatable bonds is 3. The van der Waals surface area contributed by atoms with Gasteiger partial charge in [-0.05, 0) is 5.53 Å². The molecule has 0 aromatic carbocycles. The molecule has 0 radical (unpaired) electrons. The average molecular weight is 105 g/mol. The van der Waals surface area contributed by atoms with Crippen LogP contribution in [0.2, 0.25) is 0 Å². The maximum absolute atomic E-state index is 7.49. The van der Waals surface area contributed by atoms with Gasteiger partial charge in [-0.3, -0.25) is 0 Å². The SMILES string of the molecule is [N-]=[N+]=NOCOO. The summed E-state index contributed by atoms with van der Waals surface area (Å²) >= 11 is 0. The number of nitrogens with zero attached hydrogens (tertiary/aromatic N) is 3. The fraction of sp³-hybridized carbons (Fsp3) is 1.00. The lowest BCUT2D eigenvalue weighted by Gasteiger charge is -1.87. The van der Waals surface area contributed by atoms with Crippen LogP contribution in [0.4, 0.5) is 0 Å². The van der Waals surface area contributed by atoms with E-state index in [1.807, 2.05) is 0 Å². The molecule has 0 aliphatic heterocycles. The van der Waals surface area contributed by atoms with Crippen molar-refractivity contribution in [3.8, 4) is 0 Å². The highest BCUT2D eigenvalue weighted by atomic mass is 17.1. The lowest BCUT2D eigenvalue weighted by Crippen LogP contribution is -1.87. The second-order valence-corrected chi connectivity index (χ2v) is 0.547. The smallest absolute Gasteiger partial charge is 0.229 e. The van der Waals surface area contributed by atoms with Crippen LogP contribution in [-0.4, -0.2) is 12.1 Å². The standard InChI is InChI=1S/CH3N3O3/c2-3-4-6-1-7-5/h5H,1H2. The predicted octanol–water partition coefficient (Wildman–Crippen LogP) is 0.675. The zero-order valence-electron chi connectivity index (χ0n) is 3.31. The Balaban J connectivity index is 2.83. The molecule has 40 valence electrons. The van der Waals surface area contributed by atoms with Gasteiger partial charge in [0.15, 0.2) is 0 Å². The van der Waals surface area contributed by atoms with Crippen molar-refractivity contribution in [1.82, 2.24) is 0 Å². The molecule has 0 saturated heterocycles. The van der Waals surface area contributed by atoms with Crippen LogP contribution in [0.1, 0.15) is 0 Å². The van der Waals surface area contributed by atoms with Crippen LogP contribution < -0.4 is 0 Å². The van der Waals surface area contributed by atoms with Crippen LogP contribution >= 0.6 is 0 Å². The summed E-state index contributed by atoms with van der Waals surface area (Å²) in [6.07, 6.45) is 0. The van der Waals surface area contributed by atoms with E-state index in [1.54, 1.807) is 0 Å². The zero-order valence-corrected chi connectivity index (χ0v) is 3.31. The minimum Gasteiger partial charge on any atom is -0.403 e. The van der Waals surface area contributed by atoms with Crippen molar-refractivity contribution >= 4 is 0 Å². The van der Waals surface area contributed by atoms with Gasteiger partial charge in [-0.15, -0.1) is 0 Å². The Labute approximate surface area is 38.8 Å². The summed E-state index contributed by atoms with van der Waals surface area (Å²) in [6.45, 7) is -0.440. The molecule has 6 heteroatoms. The molecule has 0 amide bonds. The maximum Gasteiger partial charge on any atom is 0.229 e. The van der Waals surface area contributed by atoms with Crippen molar-refractivity contribution in [2.24, 2.45) is 5.28 Å². The molecule has 6 nitrogen and oxygen atoms in total. The van der Waals surface area contributed by atoms with Crippen molar-refractivity contribution in [3.05, 3.63) is 10.4 Å². The summed E-state index contributed by atoms with van der Waals surface area (Å²) in [5.41, 5.74) is 7.49. The van der Waals surface area contributed by atoms with E-state index in [9.17, 15) is 0 Å². The van der Waals surface area contributed by atoms with Crippen molar-refractivity contribution in [3.63, 3.8) is 0 Å². The Morgan fingerprint density at radius 1 is 1.86 bits per heavy atom. The second kappa shape index (κ2) is 5.03. The Hall–Kier alpha value is -0.970. The molecule has 0 aliphatic carbocycles. The van der Waals surface area contributed by atoms with Crippen molar-refractivity contribution in [2.75, 3.05) is 6.79 Å². The molecule has 1 N–H and O–H groups in total. The van der Waals surface area contributed by atoms with Crippen LogP contribution in [0.3, 0.4) is 0 Å². The third kappa shape index (κ3) is 5.03. The first-order chi connectivity index (χ1) is 3.41. The van der Waals surface area contributed by atoms with E-state index in [0.717, 1.165) is 0 Å². The van der Waals surface area contributed by atoms with Gasteiger partial charge < -0.3 is 4.84 Å². The zero-order chi connectivity index (χ0) is 5.54. The Bertz CT molecular complexity index is 76.2. The molecular formula is CH3N3O3. The molecule has 0 aromatic heterocycles. The van der Waals surface area contributed by atoms with Gasteiger partial charge in [-0.1, -0.05) is 0 Å². The largest absolute Gasteiger partial charge is 0.403 e. The third-order valence-corrected chi connectivity index (χ3v) is 0.200. The van der Waals surface area contributed by atoms with Gasteiger partial charge in [0.1, 0.15) is 5.28 Å². The Kier molecular flexibility index (Phi) is 4.33. The molecule has 0 rings (SSSR count). The summed E-state index contributed by atoms with van der Waals surface area (Å²) in [4.78, 5) is 9.41. The van der Waals surface area contributed by atoms with Crippen molar-refractivity contribution < 1.29 is 15.0 Å². The molecule has 0 bridgehead atoms.